The Labute approximate surface area is 102 Å². The number of hydrogen-bond donors (Lipinski definition) is 1. The first-order chi connectivity index (χ1) is 7.83. The number of allylic oxidation sites excluding steroid dienone is 1. The molecule has 0 aliphatic heterocycles. The Morgan fingerprint density at radius 2 is 1.88 bits per heavy atom. The molecule has 100 valence electrons. The number of carboxylic acid groups (broad SMARTS) is 1. The van der Waals surface area contributed by atoms with E-state index in [9.17, 15) is 4.79 Å². The number of ether oxygens (including phenoxy) is 1. The van der Waals surface area contributed by atoms with E-state index in [0.29, 0.717) is 12.2 Å². The zero-order chi connectivity index (χ0) is 13.5. The fourth-order valence-electron chi connectivity index (χ4n) is 1.13. The summed E-state index contributed by atoms with van der Waals surface area (Å²) in [5.74, 6) is -1.39. The van der Waals surface area contributed by atoms with Gasteiger partial charge < -0.3 is 9.84 Å². The minimum Gasteiger partial charge on any atom is -0.450 e. The first-order valence-corrected chi connectivity index (χ1v) is 5.70. The van der Waals surface area contributed by atoms with Gasteiger partial charge in [0.2, 0.25) is 0 Å². The molecule has 0 saturated heterocycles. The quantitative estimate of drug-likeness (QED) is 0.186. The highest BCUT2D eigenvalue weighted by Crippen LogP contribution is 2.26. The van der Waals surface area contributed by atoms with Gasteiger partial charge in [0, 0.05) is 6.92 Å². The van der Waals surface area contributed by atoms with E-state index >= 15 is 0 Å². The molecule has 1 atom stereocenters. The van der Waals surface area contributed by atoms with Crippen molar-refractivity contribution in [3.05, 3.63) is 11.1 Å². The van der Waals surface area contributed by atoms with Crippen LogP contribution in [0.5, 0.6) is 0 Å². The van der Waals surface area contributed by atoms with Gasteiger partial charge in [-0.05, 0) is 32.8 Å². The third-order valence-electron chi connectivity index (χ3n) is 2.51. The third kappa shape index (κ3) is 5.70. The van der Waals surface area contributed by atoms with Crippen LogP contribution in [0, 0.1) is 0 Å². The minimum absolute atomic E-state index is 0.408. The molecule has 1 unspecified atom stereocenters. The molecule has 0 amide bonds. The predicted molar refractivity (Wildman–Crippen MR) is 63.5 cm³/mol. The van der Waals surface area contributed by atoms with Gasteiger partial charge >= 0.3 is 6.16 Å². The normalized spacial score (nSPS) is 13.9. The molecule has 0 fully saturated rings. The molecule has 0 radical (unpaired) electrons. The Morgan fingerprint density at radius 1 is 1.29 bits per heavy atom. The van der Waals surface area contributed by atoms with Gasteiger partial charge in [-0.1, -0.05) is 18.9 Å². The van der Waals surface area contributed by atoms with Crippen molar-refractivity contribution >= 4 is 6.16 Å². The molecule has 0 aromatic rings. The summed E-state index contributed by atoms with van der Waals surface area (Å²) in [5.41, 5.74) is 1.60. The van der Waals surface area contributed by atoms with Crippen LogP contribution in [0.1, 0.15) is 47.5 Å². The highest BCUT2D eigenvalue weighted by atomic mass is 17.2. The second kappa shape index (κ2) is 7.29. The van der Waals surface area contributed by atoms with E-state index in [2.05, 4.69) is 0 Å². The van der Waals surface area contributed by atoms with E-state index in [0.717, 1.165) is 18.4 Å². The summed E-state index contributed by atoms with van der Waals surface area (Å²) < 4.78 is 4.75. The highest BCUT2D eigenvalue weighted by molar-refractivity contribution is 5.58. The van der Waals surface area contributed by atoms with Gasteiger partial charge in [0.05, 0.1) is 6.61 Å². The maximum absolute atomic E-state index is 10.7. The average Bonchev–Trinajstić information content (AvgIpc) is 2.22. The van der Waals surface area contributed by atoms with Crippen molar-refractivity contribution in [1.82, 2.24) is 0 Å². The van der Waals surface area contributed by atoms with Gasteiger partial charge in [0.1, 0.15) is 0 Å². The van der Waals surface area contributed by atoms with Crippen LogP contribution in [0.25, 0.3) is 0 Å². The van der Waals surface area contributed by atoms with E-state index in [1.54, 1.807) is 6.92 Å². The largest absolute Gasteiger partial charge is 0.508 e. The second-order valence-electron chi connectivity index (χ2n) is 4.20. The summed E-state index contributed by atoms with van der Waals surface area (Å²) in [6.45, 7) is 9.42. The number of unbranched alkanes of at least 4 members (excludes halogenated alkanes) is 1. The average molecular weight is 246 g/mol. The highest BCUT2D eigenvalue weighted by Gasteiger charge is 2.34. The molecule has 1 N–H and O–H groups in total. The van der Waals surface area contributed by atoms with Crippen LogP contribution in [-0.4, -0.2) is 23.7 Å². The van der Waals surface area contributed by atoms with E-state index in [4.69, 9.17) is 19.6 Å². The molecular weight excluding hydrogens is 224 g/mol. The van der Waals surface area contributed by atoms with Crippen molar-refractivity contribution in [1.29, 1.82) is 0 Å². The molecule has 0 heterocycles. The summed E-state index contributed by atoms with van der Waals surface area (Å²) in [6, 6.07) is 0. The van der Waals surface area contributed by atoms with Crippen LogP contribution < -0.4 is 0 Å². The van der Waals surface area contributed by atoms with Crippen LogP contribution in [0.2, 0.25) is 0 Å². The van der Waals surface area contributed by atoms with Gasteiger partial charge in [0.25, 0.3) is 5.79 Å². The molecule has 0 aliphatic carbocycles. The second-order valence-corrected chi connectivity index (χ2v) is 4.20. The molecule has 0 saturated carbocycles. The predicted octanol–water partition coefficient (Wildman–Crippen LogP) is 3.50. The summed E-state index contributed by atoms with van der Waals surface area (Å²) in [7, 11) is 0. The SMILES string of the molecule is CCCCOOC(C)(OC(=O)O)C(C)=C(C)C. The summed E-state index contributed by atoms with van der Waals surface area (Å²) in [6.07, 6.45) is 0.422. The molecule has 0 spiro atoms. The number of rotatable bonds is 7. The van der Waals surface area contributed by atoms with Crippen LogP contribution in [-0.2, 0) is 14.5 Å². The van der Waals surface area contributed by atoms with Gasteiger partial charge in [0.15, 0.2) is 0 Å². The first kappa shape index (κ1) is 15.9. The summed E-state index contributed by atoms with van der Waals surface area (Å²) >= 11 is 0. The third-order valence-corrected chi connectivity index (χ3v) is 2.51. The van der Waals surface area contributed by atoms with Gasteiger partial charge in [-0.2, -0.15) is 4.89 Å². The zero-order valence-corrected chi connectivity index (χ0v) is 11.2. The molecule has 0 rings (SSSR count). The molecule has 0 aromatic carbocycles. The summed E-state index contributed by atoms with van der Waals surface area (Å²) in [5, 5.41) is 8.70. The maximum atomic E-state index is 10.7. The maximum Gasteiger partial charge on any atom is 0.508 e. The lowest BCUT2D eigenvalue weighted by molar-refractivity contribution is -0.399. The number of hydrogen-bond acceptors (Lipinski definition) is 4. The molecule has 0 aromatic heterocycles. The lowest BCUT2D eigenvalue weighted by Crippen LogP contribution is -2.36. The van der Waals surface area contributed by atoms with E-state index < -0.39 is 11.9 Å². The Bertz CT molecular complexity index is 281. The topological polar surface area (TPSA) is 65.0 Å². The lowest BCUT2D eigenvalue weighted by Gasteiger charge is -2.28. The fourth-order valence-corrected chi connectivity index (χ4v) is 1.13. The van der Waals surface area contributed by atoms with Gasteiger partial charge in [-0.25, -0.2) is 9.68 Å². The Hall–Kier alpha value is -1.07. The number of carbonyl (C=O) groups is 1. The lowest BCUT2D eigenvalue weighted by atomic mass is 10.1. The van der Waals surface area contributed by atoms with Crippen molar-refractivity contribution in [3.63, 3.8) is 0 Å². The molecule has 5 nitrogen and oxygen atoms in total. The summed E-state index contributed by atoms with van der Waals surface area (Å²) in [4.78, 5) is 20.7. The standard InChI is InChI=1S/C12H22O5/c1-6-7-8-15-17-12(5,16-11(13)14)10(4)9(2)3/h6-8H2,1-5H3,(H,13,14). The van der Waals surface area contributed by atoms with Crippen molar-refractivity contribution in [3.8, 4) is 0 Å². The van der Waals surface area contributed by atoms with Crippen LogP contribution in [0.4, 0.5) is 4.79 Å². The van der Waals surface area contributed by atoms with Crippen LogP contribution >= 0.6 is 0 Å². The smallest absolute Gasteiger partial charge is 0.450 e. The van der Waals surface area contributed by atoms with Crippen LogP contribution in [0.3, 0.4) is 0 Å². The van der Waals surface area contributed by atoms with Crippen molar-refractivity contribution in [2.24, 2.45) is 0 Å². The zero-order valence-electron chi connectivity index (χ0n) is 11.2. The van der Waals surface area contributed by atoms with Crippen LogP contribution in [0.15, 0.2) is 11.1 Å². The molecule has 0 aliphatic rings. The van der Waals surface area contributed by atoms with Crippen molar-refractivity contribution in [2.45, 2.75) is 53.2 Å². The first-order valence-electron chi connectivity index (χ1n) is 5.70. The Kier molecular flexibility index (Phi) is 6.83. The molecular formula is C12H22O5. The minimum atomic E-state index is -1.40. The van der Waals surface area contributed by atoms with Crippen molar-refractivity contribution in [2.75, 3.05) is 6.61 Å². The van der Waals surface area contributed by atoms with Gasteiger partial charge in [-0.3, -0.25) is 0 Å². The Morgan fingerprint density at radius 3 is 2.29 bits per heavy atom. The Balaban J connectivity index is 4.62. The molecule has 5 heteroatoms. The van der Waals surface area contributed by atoms with E-state index in [1.807, 2.05) is 20.8 Å². The van der Waals surface area contributed by atoms with E-state index in [1.165, 1.54) is 6.92 Å². The monoisotopic (exact) mass is 246 g/mol. The van der Waals surface area contributed by atoms with Crippen molar-refractivity contribution < 1.29 is 24.4 Å². The van der Waals surface area contributed by atoms with E-state index in [-0.39, 0.29) is 0 Å². The molecule has 0 bridgehead atoms. The molecule has 17 heavy (non-hydrogen) atoms. The fraction of sp³-hybridized carbons (Fsp3) is 0.750. The van der Waals surface area contributed by atoms with Gasteiger partial charge in [-0.15, -0.1) is 0 Å².